The lowest BCUT2D eigenvalue weighted by Crippen LogP contribution is -2.28. The summed E-state index contributed by atoms with van der Waals surface area (Å²) < 4.78 is 1.34. The third-order valence-corrected chi connectivity index (χ3v) is 4.46. The summed E-state index contributed by atoms with van der Waals surface area (Å²) in [6.45, 7) is 4.77. The topological polar surface area (TPSA) is 76.9 Å². The van der Waals surface area contributed by atoms with Crippen LogP contribution in [0.15, 0.2) is 59.7 Å². The number of nitrogens with zero attached hydrogens (tertiary/aromatic N) is 3. The molecule has 0 radical (unpaired) electrons. The van der Waals surface area contributed by atoms with Crippen molar-refractivity contribution in [2.24, 2.45) is 0 Å². The molecule has 3 aromatic rings. The van der Waals surface area contributed by atoms with Crippen molar-refractivity contribution >= 4 is 5.91 Å². The first-order valence-corrected chi connectivity index (χ1v) is 8.84. The molecule has 1 amide bonds. The molecule has 0 bridgehead atoms. The number of aromatic nitrogens is 3. The van der Waals surface area contributed by atoms with Crippen molar-refractivity contribution in [3.8, 4) is 11.3 Å². The average Bonchev–Trinajstić information content (AvgIpc) is 2.68. The lowest BCUT2D eigenvalue weighted by molar-refractivity contribution is -0.121. The quantitative estimate of drug-likeness (QED) is 0.731. The molecular formula is C21H22N4O2. The molecule has 1 aromatic carbocycles. The van der Waals surface area contributed by atoms with Crippen molar-refractivity contribution < 1.29 is 4.79 Å². The number of hydrogen-bond acceptors (Lipinski definition) is 4. The highest BCUT2D eigenvalue weighted by Crippen LogP contribution is 2.19. The summed E-state index contributed by atoms with van der Waals surface area (Å²) in [7, 11) is 0. The first-order chi connectivity index (χ1) is 13.0. The Labute approximate surface area is 157 Å². The van der Waals surface area contributed by atoms with Gasteiger partial charge in [-0.3, -0.25) is 14.6 Å². The van der Waals surface area contributed by atoms with E-state index in [1.165, 1.54) is 21.9 Å². The molecule has 0 saturated carbocycles. The summed E-state index contributed by atoms with van der Waals surface area (Å²) in [6.07, 6.45) is 3.56. The van der Waals surface area contributed by atoms with Crippen molar-refractivity contribution in [2.45, 2.75) is 33.4 Å². The lowest BCUT2D eigenvalue weighted by atomic mass is 10.0. The summed E-state index contributed by atoms with van der Waals surface area (Å²) in [5, 5.41) is 7.26. The van der Waals surface area contributed by atoms with Gasteiger partial charge in [0.25, 0.3) is 5.56 Å². The molecule has 0 spiro atoms. The number of rotatable bonds is 6. The molecule has 0 fully saturated rings. The highest BCUT2D eigenvalue weighted by molar-refractivity contribution is 5.75. The van der Waals surface area contributed by atoms with E-state index < -0.39 is 0 Å². The number of hydrogen-bond donors (Lipinski definition) is 1. The maximum absolute atomic E-state index is 12.1. The Morgan fingerprint density at radius 2 is 1.81 bits per heavy atom. The van der Waals surface area contributed by atoms with Crippen molar-refractivity contribution in [1.82, 2.24) is 20.1 Å². The molecule has 0 aliphatic rings. The molecule has 6 heteroatoms. The number of pyridine rings is 1. The van der Waals surface area contributed by atoms with E-state index in [2.05, 4.69) is 22.3 Å². The number of carbonyl (C=O) groups is 1. The van der Waals surface area contributed by atoms with Crippen LogP contribution < -0.4 is 10.9 Å². The molecule has 0 atom stereocenters. The molecule has 1 N–H and O–H groups in total. The highest BCUT2D eigenvalue weighted by Gasteiger charge is 2.07. The van der Waals surface area contributed by atoms with E-state index >= 15 is 0 Å². The van der Waals surface area contributed by atoms with Gasteiger partial charge in [0.1, 0.15) is 0 Å². The summed E-state index contributed by atoms with van der Waals surface area (Å²) in [4.78, 5) is 28.1. The standard InChI is InChI=1S/C21H22N4O2/c1-15-3-4-18(13-16(15)2)19-5-6-21(27)25(24-19)12-9-20(26)23-14-17-7-10-22-11-8-17/h3-8,10-11,13H,9,12,14H2,1-2H3,(H,23,26). The number of carbonyl (C=O) groups excluding carboxylic acids is 1. The zero-order valence-corrected chi connectivity index (χ0v) is 15.5. The molecule has 2 aromatic heterocycles. The molecule has 27 heavy (non-hydrogen) atoms. The zero-order chi connectivity index (χ0) is 19.2. The minimum atomic E-state index is -0.218. The third-order valence-electron chi connectivity index (χ3n) is 4.46. The summed E-state index contributed by atoms with van der Waals surface area (Å²) in [6, 6.07) is 13.0. The third kappa shape index (κ3) is 4.88. The van der Waals surface area contributed by atoms with Crippen molar-refractivity contribution in [2.75, 3.05) is 0 Å². The molecule has 0 aliphatic heterocycles. The van der Waals surface area contributed by atoms with E-state index in [0.717, 1.165) is 16.8 Å². The molecule has 3 rings (SSSR count). The van der Waals surface area contributed by atoms with Gasteiger partial charge in [-0.15, -0.1) is 0 Å². The van der Waals surface area contributed by atoms with Crippen LogP contribution in [0.2, 0.25) is 0 Å². The second-order valence-corrected chi connectivity index (χ2v) is 6.46. The van der Waals surface area contributed by atoms with Gasteiger partial charge in [0.05, 0.1) is 12.2 Å². The van der Waals surface area contributed by atoms with Crippen LogP contribution in [0.3, 0.4) is 0 Å². The predicted molar refractivity (Wildman–Crippen MR) is 104 cm³/mol. The second kappa shape index (κ2) is 8.40. The van der Waals surface area contributed by atoms with Crippen molar-refractivity contribution in [3.63, 3.8) is 0 Å². The van der Waals surface area contributed by atoms with Gasteiger partial charge in [-0.25, -0.2) is 4.68 Å². The van der Waals surface area contributed by atoms with Crippen LogP contribution >= 0.6 is 0 Å². The number of amides is 1. The second-order valence-electron chi connectivity index (χ2n) is 6.46. The maximum atomic E-state index is 12.1. The van der Waals surface area contributed by atoms with E-state index in [-0.39, 0.29) is 24.4 Å². The van der Waals surface area contributed by atoms with Gasteiger partial charge in [-0.1, -0.05) is 12.1 Å². The van der Waals surface area contributed by atoms with Crippen LogP contribution in [0, 0.1) is 13.8 Å². The van der Waals surface area contributed by atoms with E-state index in [1.807, 2.05) is 37.3 Å². The van der Waals surface area contributed by atoms with Crippen LogP contribution in [0.25, 0.3) is 11.3 Å². The normalized spacial score (nSPS) is 10.6. The van der Waals surface area contributed by atoms with E-state index in [1.54, 1.807) is 18.5 Å². The fourth-order valence-electron chi connectivity index (χ4n) is 2.66. The Kier molecular flexibility index (Phi) is 5.76. The molecule has 0 unspecified atom stereocenters. The molecule has 138 valence electrons. The smallest absolute Gasteiger partial charge is 0.266 e. The SMILES string of the molecule is Cc1ccc(-c2ccc(=O)n(CCC(=O)NCc3ccncc3)n2)cc1C. The Hall–Kier alpha value is -3.28. The largest absolute Gasteiger partial charge is 0.352 e. The fraction of sp³-hybridized carbons (Fsp3) is 0.238. The number of aryl methyl sites for hydroxylation is 3. The number of nitrogens with one attached hydrogen (secondary N) is 1. The van der Waals surface area contributed by atoms with Gasteiger partial charge in [0.15, 0.2) is 0 Å². The summed E-state index contributed by atoms with van der Waals surface area (Å²) >= 11 is 0. The van der Waals surface area contributed by atoms with E-state index in [9.17, 15) is 9.59 Å². The van der Waals surface area contributed by atoms with Gasteiger partial charge >= 0.3 is 0 Å². The van der Waals surface area contributed by atoms with Crippen LogP contribution in [-0.4, -0.2) is 20.7 Å². The molecule has 0 aliphatic carbocycles. The minimum absolute atomic E-state index is 0.128. The van der Waals surface area contributed by atoms with Gasteiger partial charge < -0.3 is 5.32 Å². The number of benzene rings is 1. The minimum Gasteiger partial charge on any atom is -0.352 e. The lowest BCUT2D eigenvalue weighted by Gasteiger charge is -2.09. The predicted octanol–water partition coefficient (Wildman–Crippen LogP) is 2.63. The Morgan fingerprint density at radius 1 is 1.04 bits per heavy atom. The van der Waals surface area contributed by atoms with Crippen molar-refractivity contribution in [1.29, 1.82) is 0 Å². The van der Waals surface area contributed by atoms with E-state index in [4.69, 9.17) is 0 Å². The summed E-state index contributed by atoms with van der Waals surface area (Å²) in [5.74, 6) is -0.128. The Bertz CT molecular complexity index is 997. The average molecular weight is 362 g/mol. The van der Waals surface area contributed by atoms with Gasteiger partial charge in [0, 0.05) is 37.0 Å². The maximum Gasteiger partial charge on any atom is 0.266 e. The van der Waals surface area contributed by atoms with Crippen LogP contribution in [0.5, 0.6) is 0 Å². The van der Waals surface area contributed by atoms with Gasteiger partial charge in [0.2, 0.25) is 5.91 Å². The van der Waals surface area contributed by atoms with Crippen LogP contribution in [0.1, 0.15) is 23.1 Å². The molecule has 0 saturated heterocycles. The van der Waals surface area contributed by atoms with Crippen molar-refractivity contribution in [3.05, 3.63) is 81.9 Å². The fourth-order valence-corrected chi connectivity index (χ4v) is 2.66. The van der Waals surface area contributed by atoms with Crippen LogP contribution in [-0.2, 0) is 17.9 Å². The van der Waals surface area contributed by atoms with Gasteiger partial charge in [-0.05, 0) is 54.8 Å². The first-order valence-electron chi connectivity index (χ1n) is 8.84. The molecule has 6 nitrogen and oxygen atoms in total. The summed E-state index contributed by atoms with van der Waals surface area (Å²) in [5.41, 5.74) is 4.80. The monoisotopic (exact) mass is 362 g/mol. The van der Waals surface area contributed by atoms with E-state index in [0.29, 0.717) is 6.54 Å². The van der Waals surface area contributed by atoms with Crippen LogP contribution in [0.4, 0.5) is 0 Å². The molecule has 2 heterocycles. The van der Waals surface area contributed by atoms with Gasteiger partial charge in [-0.2, -0.15) is 5.10 Å². The highest BCUT2D eigenvalue weighted by atomic mass is 16.2. The first kappa shape index (κ1) is 18.5. The Morgan fingerprint density at radius 3 is 2.56 bits per heavy atom. The Balaban J connectivity index is 1.65. The molecular weight excluding hydrogens is 340 g/mol. The zero-order valence-electron chi connectivity index (χ0n) is 15.5.